The van der Waals surface area contributed by atoms with Crippen molar-refractivity contribution < 1.29 is 4.74 Å². The second-order valence-corrected chi connectivity index (χ2v) is 4.97. The summed E-state index contributed by atoms with van der Waals surface area (Å²) in [6, 6.07) is 5.71. The lowest BCUT2D eigenvalue weighted by Crippen LogP contribution is -2.27. The van der Waals surface area contributed by atoms with Crippen molar-refractivity contribution in [2.75, 3.05) is 18.0 Å². The fourth-order valence-electron chi connectivity index (χ4n) is 2.53. The third-order valence-corrected chi connectivity index (χ3v) is 3.61. The summed E-state index contributed by atoms with van der Waals surface area (Å²) in [6.45, 7) is 3.85. The van der Waals surface area contributed by atoms with E-state index in [9.17, 15) is 0 Å². The van der Waals surface area contributed by atoms with E-state index in [1.54, 1.807) is 6.20 Å². The first-order valence-corrected chi connectivity index (χ1v) is 6.99. The second kappa shape index (κ2) is 5.48. The monoisotopic (exact) mass is 273 g/mol. The Morgan fingerprint density at radius 3 is 2.95 bits per heavy atom. The van der Waals surface area contributed by atoms with Crippen LogP contribution in [0, 0.1) is 0 Å². The number of aromatic nitrogens is 4. The number of pyridine rings is 1. The SMILES string of the molecule is CCc1nnc(N2CCC(Oc3ccccn3)C2)n1C. The minimum Gasteiger partial charge on any atom is -0.472 e. The van der Waals surface area contributed by atoms with Gasteiger partial charge in [-0.05, 0) is 6.07 Å². The smallest absolute Gasteiger partial charge is 0.227 e. The molecule has 0 bridgehead atoms. The van der Waals surface area contributed by atoms with E-state index < -0.39 is 0 Å². The Hall–Kier alpha value is -2.11. The van der Waals surface area contributed by atoms with Gasteiger partial charge in [0.2, 0.25) is 11.8 Å². The average molecular weight is 273 g/mol. The van der Waals surface area contributed by atoms with Crippen LogP contribution < -0.4 is 9.64 Å². The van der Waals surface area contributed by atoms with Crippen molar-refractivity contribution in [3.63, 3.8) is 0 Å². The zero-order valence-electron chi connectivity index (χ0n) is 11.9. The van der Waals surface area contributed by atoms with Gasteiger partial charge in [0.25, 0.3) is 0 Å². The number of hydrogen-bond donors (Lipinski definition) is 0. The van der Waals surface area contributed by atoms with E-state index in [4.69, 9.17) is 4.74 Å². The largest absolute Gasteiger partial charge is 0.472 e. The fourth-order valence-corrected chi connectivity index (χ4v) is 2.53. The molecule has 1 atom stereocenters. The zero-order valence-corrected chi connectivity index (χ0v) is 11.9. The normalized spacial score (nSPS) is 18.5. The summed E-state index contributed by atoms with van der Waals surface area (Å²) in [6.07, 6.45) is 3.78. The van der Waals surface area contributed by atoms with Crippen molar-refractivity contribution in [2.24, 2.45) is 7.05 Å². The van der Waals surface area contributed by atoms with Crippen LogP contribution >= 0.6 is 0 Å². The van der Waals surface area contributed by atoms with Gasteiger partial charge in [-0.3, -0.25) is 0 Å². The molecule has 0 aliphatic carbocycles. The summed E-state index contributed by atoms with van der Waals surface area (Å²) >= 11 is 0. The maximum atomic E-state index is 5.89. The predicted molar refractivity (Wildman–Crippen MR) is 75.9 cm³/mol. The maximum absolute atomic E-state index is 5.89. The summed E-state index contributed by atoms with van der Waals surface area (Å²) in [5.41, 5.74) is 0. The van der Waals surface area contributed by atoms with Gasteiger partial charge >= 0.3 is 0 Å². The summed E-state index contributed by atoms with van der Waals surface area (Å²) in [7, 11) is 2.01. The molecule has 3 rings (SSSR count). The third kappa shape index (κ3) is 2.45. The Labute approximate surface area is 118 Å². The molecule has 2 aromatic rings. The Morgan fingerprint density at radius 2 is 2.25 bits per heavy atom. The molecule has 0 aromatic carbocycles. The molecular weight excluding hydrogens is 254 g/mol. The average Bonchev–Trinajstić information content (AvgIpc) is 3.06. The van der Waals surface area contributed by atoms with Crippen molar-refractivity contribution in [1.82, 2.24) is 19.7 Å². The molecule has 1 aliphatic rings. The second-order valence-electron chi connectivity index (χ2n) is 4.97. The van der Waals surface area contributed by atoms with Crippen molar-refractivity contribution in [3.8, 4) is 5.88 Å². The minimum absolute atomic E-state index is 0.159. The van der Waals surface area contributed by atoms with E-state index in [0.717, 1.165) is 37.7 Å². The van der Waals surface area contributed by atoms with Crippen LogP contribution in [0.25, 0.3) is 0 Å². The molecule has 3 heterocycles. The van der Waals surface area contributed by atoms with E-state index in [1.807, 2.05) is 25.2 Å². The highest BCUT2D eigenvalue weighted by molar-refractivity contribution is 5.33. The minimum atomic E-state index is 0.159. The zero-order chi connectivity index (χ0) is 13.9. The van der Waals surface area contributed by atoms with Crippen molar-refractivity contribution in [2.45, 2.75) is 25.9 Å². The van der Waals surface area contributed by atoms with Crippen LogP contribution in [0.4, 0.5) is 5.95 Å². The van der Waals surface area contributed by atoms with Crippen LogP contribution in [-0.2, 0) is 13.5 Å². The van der Waals surface area contributed by atoms with E-state index in [1.165, 1.54) is 0 Å². The number of nitrogens with zero attached hydrogens (tertiary/aromatic N) is 5. The van der Waals surface area contributed by atoms with Crippen LogP contribution in [0.5, 0.6) is 5.88 Å². The number of anilines is 1. The molecule has 1 fully saturated rings. The molecule has 1 aliphatic heterocycles. The molecular formula is C14H19N5O. The van der Waals surface area contributed by atoms with Crippen LogP contribution in [0.3, 0.4) is 0 Å². The molecule has 6 heteroatoms. The highest BCUT2D eigenvalue weighted by Gasteiger charge is 2.27. The topological polar surface area (TPSA) is 56.1 Å². The molecule has 6 nitrogen and oxygen atoms in total. The first-order chi connectivity index (χ1) is 9.78. The van der Waals surface area contributed by atoms with E-state index in [0.29, 0.717) is 5.88 Å². The molecule has 2 aromatic heterocycles. The molecule has 0 spiro atoms. The van der Waals surface area contributed by atoms with Crippen molar-refractivity contribution in [3.05, 3.63) is 30.2 Å². The number of aryl methyl sites for hydroxylation is 1. The lowest BCUT2D eigenvalue weighted by molar-refractivity contribution is 0.215. The van der Waals surface area contributed by atoms with Gasteiger partial charge in [-0.15, -0.1) is 10.2 Å². The number of hydrogen-bond acceptors (Lipinski definition) is 5. The molecule has 1 unspecified atom stereocenters. The summed E-state index contributed by atoms with van der Waals surface area (Å²) in [4.78, 5) is 6.42. The first-order valence-electron chi connectivity index (χ1n) is 6.99. The van der Waals surface area contributed by atoms with E-state index in [-0.39, 0.29) is 6.10 Å². The quantitative estimate of drug-likeness (QED) is 0.843. The summed E-state index contributed by atoms with van der Waals surface area (Å²) in [5, 5.41) is 8.48. The van der Waals surface area contributed by atoms with Gasteiger partial charge in [0.05, 0.1) is 6.54 Å². The fraction of sp³-hybridized carbons (Fsp3) is 0.500. The van der Waals surface area contributed by atoms with Crippen LogP contribution in [0.1, 0.15) is 19.2 Å². The molecule has 106 valence electrons. The highest BCUT2D eigenvalue weighted by atomic mass is 16.5. The van der Waals surface area contributed by atoms with Crippen LogP contribution in [0.2, 0.25) is 0 Å². The molecule has 20 heavy (non-hydrogen) atoms. The molecule has 0 saturated carbocycles. The molecule has 0 radical (unpaired) electrons. The maximum Gasteiger partial charge on any atom is 0.227 e. The predicted octanol–water partition coefficient (Wildman–Crippen LogP) is 1.43. The van der Waals surface area contributed by atoms with Gasteiger partial charge in [-0.1, -0.05) is 13.0 Å². The van der Waals surface area contributed by atoms with Gasteiger partial charge in [0, 0.05) is 38.7 Å². The summed E-state index contributed by atoms with van der Waals surface area (Å²) < 4.78 is 7.95. The Morgan fingerprint density at radius 1 is 1.35 bits per heavy atom. The first kappa shape index (κ1) is 12.9. The number of ether oxygens (including phenoxy) is 1. The van der Waals surface area contributed by atoms with Gasteiger partial charge in [0.1, 0.15) is 11.9 Å². The lowest BCUT2D eigenvalue weighted by atomic mass is 10.3. The van der Waals surface area contributed by atoms with Crippen LogP contribution in [-0.4, -0.2) is 38.9 Å². The Bertz CT molecular complexity index is 568. The van der Waals surface area contributed by atoms with Crippen molar-refractivity contribution in [1.29, 1.82) is 0 Å². The molecule has 1 saturated heterocycles. The van der Waals surface area contributed by atoms with E-state index >= 15 is 0 Å². The van der Waals surface area contributed by atoms with Gasteiger partial charge in [-0.2, -0.15) is 0 Å². The van der Waals surface area contributed by atoms with Crippen LogP contribution in [0.15, 0.2) is 24.4 Å². The summed E-state index contributed by atoms with van der Waals surface area (Å²) in [5.74, 6) is 2.62. The lowest BCUT2D eigenvalue weighted by Gasteiger charge is -2.17. The van der Waals surface area contributed by atoms with E-state index in [2.05, 4.69) is 31.6 Å². The molecule has 0 amide bonds. The van der Waals surface area contributed by atoms with Gasteiger partial charge in [0.15, 0.2) is 0 Å². The Kier molecular flexibility index (Phi) is 3.54. The van der Waals surface area contributed by atoms with Gasteiger partial charge in [-0.25, -0.2) is 4.98 Å². The standard InChI is InChI=1S/C14H19N5O/c1-3-12-16-17-14(18(12)2)19-9-7-11(10-19)20-13-6-4-5-8-15-13/h4-6,8,11H,3,7,9-10H2,1-2H3. The van der Waals surface area contributed by atoms with Crippen molar-refractivity contribution >= 4 is 5.95 Å². The number of rotatable bonds is 4. The highest BCUT2D eigenvalue weighted by Crippen LogP contribution is 2.21. The Balaban J connectivity index is 1.66. The van der Waals surface area contributed by atoms with Gasteiger partial charge < -0.3 is 14.2 Å². The molecule has 0 N–H and O–H groups in total. The third-order valence-electron chi connectivity index (χ3n) is 3.61.